The largest absolute Gasteiger partial charge is 0.508 e. The van der Waals surface area contributed by atoms with E-state index in [0.29, 0.717) is 53.7 Å². The van der Waals surface area contributed by atoms with Gasteiger partial charge >= 0.3 is 19.8 Å². The summed E-state index contributed by atoms with van der Waals surface area (Å²) in [6.45, 7) is 10.3. The number of fused-ring (bicyclic) bond motifs is 2. The Labute approximate surface area is 609 Å². The van der Waals surface area contributed by atoms with Crippen LogP contribution in [-0.4, -0.2) is 207 Å². The summed E-state index contributed by atoms with van der Waals surface area (Å²) in [6.07, 6.45) is 3.51. The zero-order chi connectivity index (χ0) is 77.5. The number of carboxylic acid groups (broad SMARTS) is 1. The summed E-state index contributed by atoms with van der Waals surface area (Å²) in [7, 11) is -4.30. The molecule has 0 bridgehead atoms. The maximum atomic E-state index is 14.5. The first-order valence-corrected chi connectivity index (χ1v) is 36.1. The Kier molecular flexibility index (Phi) is 30.4. The number of ether oxygens (including phenoxy) is 2. The molecule has 2 aromatic carbocycles. The van der Waals surface area contributed by atoms with Gasteiger partial charge in [0.1, 0.15) is 66.6 Å². The fourth-order valence-electron chi connectivity index (χ4n) is 11.8. The number of likely N-dealkylation sites (tertiary alicyclic amines) is 1. The van der Waals surface area contributed by atoms with E-state index in [-0.39, 0.29) is 88.1 Å². The molecule has 3 fully saturated rings. The minimum absolute atomic E-state index is 0.000167. The molecule has 0 saturated carbocycles. The van der Waals surface area contributed by atoms with Crippen LogP contribution in [0.4, 0.5) is 5.82 Å². The predicted octanol–water partition coefficient (Wildman–Crippen LogP) is -0.404. The van der Waals surface area contributed by atoms with Crippen LogP contribution < -0.4 is 59.7 Å². The number of rotatable bonds is 35. The molecule has 1 unspecified atom stereocenters. The number of primary amides is 1. The van der Waals surface area contributed by atoms with E-state index >= 15 is 0 Å². The zero-order valence-electron chi connectivity index (χ0n) is 59.4. The van der Waals surface area contributed by atoms with E-state index in [9.17, 15) is 72.4 Å². The van der Waals surface area contributed by atoms with Crippen molar-refractivity contribution in [3.8, 4) is 5.75 Å². The normalized spacial score (nSPS) is 20.1. The van der Waals surface area contributed by atoms with Gasteiger partial charge in [-0.3, -0.25) is 67.0 Å². The summed E-state index contributed by atoms with van der Waals surface area (Å²) >= 11 is 0. The van der Waals surface area contributed by atoms with Crippen molar-refractivity contribution >= 4 is 95.9 Å². The van der Waals surface area contributed by atoms with Gasteiger partial charge in [0.25, 0.3) is 0 Å². The van der Waals surface area contributed by atoms with Crippen molar-refractivity contribution in [1.82, 2.24) is 71.6 Å². The highest BCUT2D eigenvalue weighted by atomic mass is 31.2. The van der Waals surface area contributed by atoms with Crippen LogP contribution in [-0.2, 0) is 95.1 Å². The molecule has 3 aliphatic rings. The Morgan fingerprint density at radius 2 is 1.41 bits per heavy atom. The smallest absolute Gasteiger partial charge is 0.472 e. The Balaban J connectivity index is 0.000000403. The molecule has 0 spiro atoms. The van der Waals surface area contributed by atoms with E-state index < -0.39 is 158 Å². The number of H-pyrrole nitrogens is 1. The second-order valence-corrected chi connectivity index (χ2v) is 27.7. The number of benzene rings is 2. The highest BCUT2D eigenvalue weighted by molar-refractivity contribution is 7.47. The van der Waals surface area contributed by atoms with Crippen LogP contribution in [0.1, 0.15) is 122 Å². The number of amides is 9. The van der Waals surface area contributed by atoms with Gasteiger partial charge in [0, 0.05) is 57.1 Å². The Morgan fingerprint density at radius 1 is 0.774 bits per heavy atom. The van der Waals surface area contributed by atoms with E-state index in [1.54, 1.807) is 58.0 Å². The molecule has 3 aromatic heterocycles. The molecule has 576 valence electrons. The average molecular weight is 1500 g/mol. The Hall–Kier alpha value is -10.5. The van der Waals surface area contributed by atoms with E-state index in [2.05, 4.69) is 67.5 Å². The SMILES string of the molecule is CC(C)[C@H](NC(=O)[C@H](CCCNC(=N)N)NC(=O)[C@@H](N)CC(N)=O)C(=O)N[C@@H](Cc1ccc(O)cc1)C(=O)N[C@H](C(=O)N[C@@H](Cc1cnc[nH]1)C(=O)N1CCC[C@H]1C(=O)N[C@@H](Cc1ccccc1)C(=O)O)C(C)C.CCCC(=O)Nc1ncnc2c1ncn2[C@@H]1O[C@@H]2COP(=O)(O)O[C@H]2[C@H]1OC(=O)CCC. The number of carboxylic acids is 1. The molecule has 38 nitrogen and oxygen atoms in total. The highest BCUT2D eigenvalue weighted by Gasteiger charge is 2.55. The first-order chi connectivity index (χ1) is 50.4. The topological polar surface area (TPSA) is 576 Å². The number of hydrogen-bond donors (Lipinski definition) is 16. The van der Waals surface area contributed by atoms with Gasteiger partial charge in [0.2, 0.25) is 53.2 Å². The maximum absolute atomic E-state index is 14.5. The molecule has 6 heterocycles. The van der Waals surface area contributed by atoms with Crippen LogP contribution in [0.25, 0.3) is 11.2 Å². The lowest BCUT2D eigenvalue weighted by atomic mass is 9.98. The number of phosphoric acid groups is 1. The Bertz CT molecular complexity index is 3940. The van der Waals surface area contributed by atoms with Crippen molar-refractivity contribution in [3.63, 3.8) is 0 Å². The van der Waals surface area contributed by atoms with Gasteiger partial charge in [-0.25, -0.2) is 29.3 Å². The summed E-state index contributed by atoms with van der Waals surface area (Å²) in [5.74, 6) is -9.65. The molecule has 13 atom stereocenters. The molecule has 9 amide bonds. The quantitative estimate of drug-likeness (QED) is 0.00806. The first-order valence-electron chi connectivity index (χ1n) is 34.6. The van der Waals surface area contributed by atoms with Crippen molar-refractivity contribution in [2.24, 2.45) is 29.0 Å². The van der Waals surface area contributed by atoms with Crippen molar-refractivity contribution in [1.29, 1.82) is 5.41 Å². The fourth-order valence-corrected chi connectivity index (χ4v) is 12.8. The second kappa shape index (κ2) is 39.0. The van der Waals surface area contributed by atoms with Gasteiger partial charge in [-0.2, -0.15) is 0 Å². The number of aromatic nitrogens is 6. The van der Waals surface area contributed by atoms with Gasteiger partial charge in [-0.15, -0.1) is 0 Å². The van der Waals surface area contributed by atoms with Crippen molar-refractivity contribution in [2.75, 3.05) is 25.0 Å². The standard InChI is InChI=1S/C49H70N14O11.C18H24N5O8P/c1-26(2)39(61-42(67)33(12-8-18-55-49(52)53)57-41(66)32(50)23-38(51)65)45(70)58-34(20-29-14-16-31(64)17-15-29)43(68)62-40(27(3)4)46(71)59-35(22-30-24-54-25-56-30)47(72)63-19-9-13-37(63)44(69)60-36(48(73)74)21-28-10-6-5-7-11-28;1-3-5-11(24)22-16-13-17(20-8-19-16)23(9-21-13)18-15(30-12(25)6-4-2)14-10(29-18)7-28-32(26,27)31-14/h5-7,10-11,14-17,24-27,32-37,39-40,64H,8-9,12-13,18-23,50H2,1-4H3,(H2,51,65)(H,54,56)(H,57,66)(H,58,70)(H,59,71)(H,60,69)(H,61,67)(H,62,68)(H,73,74)(H4,52,53,55);8-10,14-15,18H,3-7H2,1-2H3,(H,26,27)(H,19,20,22,24)/t32-,33-,34-,35-,36-,37-,39-,40-;10-,14-,15-,18-/m01/s1. The summed E-state index contributed by atoms with van der Waals surface area (Å²) in [4.78, 5) is 177. The number of hydrogen-bond acceptors (Lipinski definition) is 23. The lowest BCUT2D eigenvalue weighted by Crippen LogP contribution is -2.62. The van der Waals surface area contributed by atoms with E-state index in [0.717, 1.165) is 0 Å². The van der Waals surface area contributed by atoms with Gasteiger partial charge in [-0.05, 0) is 73.6 Å². The molecular weight excluding hydrogens is 1410 g/mol. The van der Waals surface area contributed by atoms with Crippen LogP contribution in [0, 0.1) is 17.2 Å². The number of nitrogens with two attached hydrogens (primary N) is 3. The summed E-state index contributed by atoms with van der Waals surface area (Å²) < 4.78 is 35.1. The summed E-state index contributed by atoms with van der Waals surface area (Å²) in [6, 6.07) is 4.15. The van der Waals surface area contributed by atoms with Gasteiger partial charge in [0.15, 0.2) is 35.3 Å². The number of phosphoric ester groups is 1. The number of nitrogens with zero attached hydrogens (tertiary/aromatic N) is 6. The maximum Gasteiger partial charge on any atom is 0.472 e. The lowest BCUT2D eigenvalue weighted by Gasteiger charge is -2.31. The van der Waals surface area contributed by atoms with Gasteiger partial charge in [0.05, 0.1) is 31.7 Å². The molecule has 0 radical (unpaired) electrons. The molecule has 8 rings (SSSR count). The van der Waals surface area contributed by atoms with Crippen molar-refractivity contribution < 1.29 is 90.9 Å². The molecule has 0 aliphatic carbocycles. The molecule has 3 saturated heterocycles. The summed E-state index contributed by atoms with van der Waals surface area (Å²) in [5.41, 5.74) is 18.7. The monoisotopic (exact) mass is 1500 g/mol. The number of aromatic hydroxyl groups is 1. The molecule has 3 aliphatic heterocycles. The van der Waals surface area contributed by atoms with Crippen LogP contribution in [0.2, 0.25) is 0 Å². The number of phenolic OH excluding ortho intramolecular Hbond substituents is 1. The highest BCUT2D eigenvalue weighted by Crippen LogP contribution is 2.53. The zero-order valence-corrected chi connectivity index (χ0v) is 60.3. The Morgan fingerprint density at radius 3 is 2.02 bits per heavy atom. The molecule has 19 N–H and O–H groups in total. The minimum Gasteiger partial charge on any atom is -0.508 e. The van der Waals surface area contributed by atoms with Gasteiger partial charge < -0.3 is 94.2 Å². The van der Waals surface area contributed by atoms with Crippen LogP contribution in [0.3, 0.4) is 0 Å². The second-order valence-electron chi connectivity index (χ2n) is 26.3. The number of carbonyl (C=O) groups excluding carboxylic acids is 10. The predicted molar refractivity (Wildman–Crippen MR) is 377 cm³/mol. The fraction of sp³-hybridized carbons (Fsp3) is 0.522. The van der Waals surface area contributed by atoms with Crippen LogP contribution in [0.15, 0.2) is 79.8 Å². The summed E-state index contributed by atoms with van der Waals surface area (Å²) in [5, 5.41) is 48.6. The number of phenols is 1. The number of aromatic amines is 1. The average Bonchev–Trinajstić information content (AvgIpc) is 1.60. The first kappa shape index (κ1) is 82.8. The van der Waals surface area contributed by atoms with Crippen LogP contribution in [0.5, 0.6) is 5.75 Å². The molecule has 39 heteroatoms. The van der Waals surface area contributed by atoms with Crippen molar-refractivity contribution in [2.45, 2.75) is 191 Å². The lowest BCUT2D eigenvalue weighted by molar-refractivity contribution is -0.158. The third-order valence-corrected chi connectivity index (χ3v) is 18.2. The minimum atomic E-state index is -4.30. The number of carbonyl (C=O) groups is 11. The van der Waals surface area contributed by atoms with Gasteiger partial charge in [-0.1, -0.05) is 84.0 Å². The number of nitrogens with one attached hydrogen (secondary N) is 10. The number of anilines is 1. The van der Waals surface area contributed by atoms with Crippen molar-refractivity contribution in [3.05, 3.63) is 96.6 Å². The van der Waals surface area contributed by atoms with E-state index in [1.807, 2.05) is 13.8 Å². The number of guanidine groups is 1. The molecular formula is C67H94N19O19P. The molecule has 106 heavy (non-hydrogen) atoms. The third kappa shape index (κ3) is 23.7. The number of esters is 1. The van der Waals surface area contributed by atoms with Crippen LogP contribution >= 0.6 is 7.82 Å². The van der Waals surface area contributed by atoms with E-state index in [1.165, 1.54) is 58.9 Å². The third-order valence-electron chi connectivity index (χ3n) is 17.2. The molecule has 5 aromatic rings. The number of aliphatic carboxylic acids is 1. The number of imidazole rings is 2. The van der Waals surface area contributed by atoms with E-state index in [4.69, 9.17) is 41.1 Å².